The number of aryl methyl sites for hydroxylation is 1. The van der Waals surface area contributed by atoms with E-state index >= 15 is 0 Å². The lowest BCUT2D eigenvalue weighted by Crippen LogP contribution is -2.37. The van der Waals surface area contributed by atoms with Crippen LogP contribution in [-0.4, -0.2) is 56.5 Å². The highest BCUT2D eigenvalue weighted by atomic mass is 32.1. The van der Waals surface area contributed by atoms with Gasteiger partial charge in [-0.1, -0.05) is 11.3 Å². The first kappa shape index (κ1) is 18.0. The maximum Gasteiger partial charge on any atom is 0.347 e. The molecule has 1 amide bonds. The number of amides is 1. The highest BCUT2D eigenvalue weighted by molar-refractivity contribution is 7.17. The first-order valence-corrected chi connectivity index (χ1v) is 8.14. The zero-order chi connectivity index (χ0) is 17.7. The normalized spacial score (nSPS) is 12.2. The van der Waals surface area contributed by atoms with Crippen molar-refractivity contribution in [1.29, 1.82) is 0 Å². The molecule has 0 saturated heterocycles. The van der Waals surface area contributed by atoms with Crippen LogP contribution in [0.4, 0.5) is 5.13 Å². The molecule has 0 spiro atoms. The van der Waals surface area contributed by atoms with Crippen LogP contribution in [0.3, 0.4) is 0 Å². The number of nitrogens with zero attached hydrogens (tertiary/aromatic N) is 4. The molecule has 0 fully saturated rings. The standard InChI is InChI=1S/C15H19N5O3S/c1-9(6-11-7-16-4-5-17-11)20(3)8-12(21)19-15-18-10(2)13(24-15)14(22)23/h4-5,7,9H,6,8H2,1-3H3,(H,22,23)(H,18,19,21). The fourth-order valence-electron chi connectivity index (χ4n) is 2.08. The minimum atomic E-state index is -1.04. The van der Waals surface area contributed by atoms with E-state index in [-0.39, 0.29) is 23.4 Å². The van der Waals surface area contributed by atoms with Crippen LogP contribution in [-0.2, 0) is 11.2 Å². The number of thiazole rings is 1. The molecule has 1 atom stereocenters. The average molecular weight is 349 g/mol. The van der Waals surface area contributed by atoms with Gasteiger partial charge >= 0.3 is 5.97 Å². The van der Waals surface area contributed by atoms with E-state index in [4.69, 9.17) is 5.11 Å². The van der Waals surface area contributed by atoms with E-state index in [9.17, 15) is 9.59 Å². The molecule has 0 aliphatic heterocycles. The minimum Gasteiger partial charge on any atom is -0.477 e. The van der Waals surface area contributed by atoms with Crippen LogP contribution in [0.25, 0.3) is 0 Å². The second-order valence-corrected chi connectivity index (χ2v) is 6.45. The summed E-state index contributed by atoms with van der Waals surface area (Å²) in [7, 11) is 1.84. The van der Waals surface area contributed by atoms with Crippen molar-refractivity contribution < 1.29 is 14.7 Å². The van der Waals surface area contributed by atoms with E-state index in [2.05, 4.69) is 20.3 Å². The number of rotatable bonds is 7. The molecule has 2 rings (SSSR count). The van der Waals surface area contributed by atoms with Crippen molar-refractivity contribution in [3.05, 3.63) is 34.9 Å². The maximum atomic E-state index is 12.1. The van der Waals surface area contributed by atoms with Gasteiger partial charge in [0, 0.05) is 31.1 Å². The van der Waals surface area contributed by atoms with Crippen molar-refractivity contribution in [2.45, 2.75) is 26.3 Å². The summed E-state index contributed by atoms with van der Waals surface area (Å²) in [6, 6.07) is 0.0973. The number of carboxylic acid groups (broad SMARTS) is 1. The lowest BCUT2D eigenvalue weighted by molar-refractivity contribution is -0.117. The molecule has 1 unspecified atom stereocenters. The molecule has 2 aromatic rings. The number of aromatic nitrogens is 3. The second-order valence-electron chi connectivity index (χ2n) is 5.45. The van der Waals surface area contributed by atoms with Gasteiger partial charge in [0.25, 0.3) is 0 Å². The number of carboxylic acids is 1. The van der Waals surface area contributed by atoms with E-state index in [1.807, 2.05) is 18.9 Å². The number of carbonyl (C=O) groups is 2. The Bertz CT molecular complexity index is 719. The van der Waals surface area contributed by atoms with Crippen molar-refractivity contribution in [3.63, 3.8) is 0 Å². The van der Waals surface area contributed by atoms with Crippen LogP contribution < -0.4 is 5.32 Å². The maximum absolute atomic E-state index is 12.1. The summed E-state index contributed by atoms with van der Waals surface area (Å²) < 4.78 is 0. The van der Waals surface area contributed by atoms with Crippen LogP contribution in [0.2, 0.25) is 0 Å². The predicted octanol–water partition coefficient (Wildman–Crippen LogP) is 1.44. The van der Waals surface area contributed by atoms with Crippen LogP contribution in [0.5, 0.6) is 0 Å². The summed E-state index contributed by atoms with van der Waals surface area (Å²) in [5.74, 6) is -1.28. The van der Waals surface area contributed by atoms with Gasteiger partial charge < -0.3 is 10.4 Å². The lowest BCUT2D eigenvalue weighted by Gasteiger charge is -2.23. The van der Waals surface area contributed by atoms with Gasteiger partial charge in [0.05, 0.1) is 17.9 Å². The summed E-state index contributed by atoms with van der Waals surface area (Å²) in [6.45, 7) is 3.77. The van der Waals surface area contributed by atoms with Crippen LogP contribution in [0.1, 0.15) is 28.0 Å². The summed E-state index contributed by atoms with van der Waals surface area (Å²) in [4.78, 5) is 37.4. The molecule has 0 aliphatic carbocycles. The van der Waals surface area contributed by atoms with E-state index in [0.717, 1.165) is 17.0 Å². The average Bonchev–Trinajstić information content (AvgIpc) is 2.88. The molecule has 0 radical (unpaired) electrons. The van der Waals surface area contributed by atoms with Gasteiger partial charge in [0.2, 0.25) is 5.91 Å². The van der Waals surface area contributed by atoms with Crippen LogP contribution >= 0.6 is 11.3 Å². The Morgan fingerprint density at radius 1 is 1.42 bits per heavy atom. The highest BCUT2D eigenvalue weighted by Crippen LogP contribution is 2.22. The molecule has 0 bridgehead atoms. The highest BCUT2D eigenvalue weighted by Gasteiger charge is 2.18. The van der Waals surface area contributed by atoms with E-state index in [1.165, 1.54) is 0 Å². The number of anilines is 1. The van der Waals surface area contributed by atoms with Gasteiger partial charge in [-0.3, -0.25) is 19.7 Å². The first-order chi connectivity index (χ1) is 11.4. The quantitative estimate of drug-likeness (QED) is 0.778. The minimum absolute atomic E-state index is 0.0973. The topological polar surface area (TPSA) is 108 Å². The molecule has 0 saturated carbocycles. The number of hydrogen-bond acceptors (Lipinski definition) is 7. The fourth-order valence-corrected chi connectivity index (χ4v) is 2.90. The van der Waals surface area contributed by atoms with Crippen LogP contribution in [0, 0.1) is 6.92 Å². The molecular formula is C15H19N5O3S. The summed E-state index contributed by atoms with van der Waals surface area (Å²) in [5.41, 5.74) is 1.26. The van der Waals surface area contributed by atoms with Gasteiger partial charge in [-0.2, -0.15) is 0 Å². The van der Waals surface area contributed by atoms with Crippen molar-refractivity contribution in [3.8, 4) is 0 Å². The number of likely N-dealkylation sites (N-methyl/N-ethyl adjacent to an activating group) is 1. The summed E-state index contributed by atoms with van der Waals surface area (Å²) in [5, 5.41) is 11.9. The van der Waals surface area contributed by atoms with Crippen molar-refractivity contribution >= 4 is 28.3 Å². The van der Waals surface area contributed by atoms with Crippen molar-refractivity contribution in [1.82, 2.24) is 19.9 Å². The predicted molar refractivity (Wildman–Crippen MR) is 90.3 cm³/mol. The number of nitrogens with one attached hydrogen (secondary N) is 1. The van der Waals surface area contributed by atoms with Gasteiger partial charge in [-0.05, 0) is 20.9 Å². The molecule has 128 valence electrons. The number of aromatic carboxylic acids is 1. The Kier molecular flexibility index (Phi) is 5.93. The zero-order valence-electron chi connectivity index (χ0n) is 13.7. The van der Waals surface area contributed by atoms with Gasteiger partial charge in [0.1, 0.15) is 4.88 Å². The van der Waals surface area contributed by atoms with Crippen molar-refractivity contribution in [2.75, 3.05) is 18.9 Å². The summed E-state index contributed by atoms with van der Waals surface area (Å²) in [6.07, 6.45) is 5.64. The third-order valence-electron chi connectivity index (χ3n) is 3.50. The third kappa shape index (κ3) is 4.80. The molecule has 2 N–H and O–H groups in total. The van der Waals surface area contributed by atoms with Gasteiger partial charge in [-0.25, -0.2) is 9.78 Å². The van der Waals surface area contributed by atoms with Gasteiger partial charge in [-0.15, -0.1) is 0 Å². The molecule has 9 heteroatoms. The number of hydrogen-bond donors (Lipinski definition) is 2. The Hall–Kier alpha value is -2.39. The second kappa shape index (κ2) is 7.93. The molecule has 2 aromatic heterocycles. The molecule has 2 heterocycles. The lowest BCUT2D eigenvalue weighted by atomic mass is 10.1. The molecule has 0 aromatic carbocycles. The first-order valence-electron chi connectivity index (χ1n) is 7.32. The monoisotopic (exact) mass is 349 g/mol. The Morgan fingerprint density at radius 3 is 2.75 bits per heavy atom. The molecule has 0 aliphatic rings. The SMILES string of the molecule is Cc1nc(NC(=O)CN(C)C(C)Cc2cnccn2)sc1C(=O)O. The van der Waals surface area contributed by atoms with Crippen molar-refractivity contribution in [2.24, 2.45) is 0 Å². The summed E-state index contributed by atoms with van der Waals surface area (Å²) >= 11 is 0.955. The number of carbonyl (C=O) groups excluding carboxylic acids is 1. The van der Waals surface area contributed by atoms with E-state index in [0.29, 0.717) is 17.2 Å². The molecular weight excluding hydrogens is 330 g/mol. The Morgan fingerprint density at radius 2 is 2.17 bits per heavy atom. The van der Waals surface area contributed by atoms with E-state index < -0.39 is 5.97 Å². The zero-order valence-corrected chi connectivity index (χ0v) is 14.5. The third-order valence-corrected chi connectivity index (χ3v) is 4.56. The molecule has 8 nitrogen and oxygen atoms in total. The fraction of sp³-hybridized carbons (Fsp3) is 0.400. The Balaban J connectivity index is 1.89. The van der Waals surface area contributed by atoms with Gasteiger partial charge in [0.15, 0.2) is 5.13 Å². The van der Waals surface area contributed by atoms with E-state index in [1.54, 1.807) is 25.5 Å². The smallest absolute Gasteiger partial charge is 0.347 e. The largest absolute Gasteiger partial charge is 0.477 e. The molecule has 24 heavy (non-hydrogen) atoms. The Labute approximate surface area is 143 Å². The van der Waals surface area contributed by atoms with Crippen LogP contribution in [0.15, 0.2) is 18.6 Å².